The smallest absolute Gasteiger partial charge is 0.290 e. The second kappa shape index (κ2) is 9.12. The minimum absolute atomic E-state index is 0.112. The molecule has 2 aliphatic rings. The molecule has 0 aliphatic carbocycles. The van der Waals surface area contributed by atoms with Crippen molar-refractivity contribution in [3.05, 3.63) is 81.2 Å². The summed E-state index contributed by atoms with van der Waals surface area (Å²) in [5, 5.41) is 0.521. The van der Waals surface area contributed by atoms with Gasteiger partial charge in [0, 0.05) is 13.0 Å². The van der Waals surface area contributed by atoms with Gasteiger partial charge in [-0.05, 0) is 29.2 Å². The Labute approximate surface area is 193 Å². The Kier molecular flexibility index (Phi) is 6.04. The van der Waals surface area contributed by atoms with Gasteiger partial charge in [-0.3, -0.25) is 9.59 Å². The second-order valence-electron chi connectivity index (χ2n) is 9.36. The van der Waals surface area contributed by atoms with Crippen LogP contribution in [0.25, 0.3) is 11.0 Å². The van der Waals surface area contributed by atoms with Crippen molar-refractivity contribution in [1.82, 2.24) is 4.90 Å². The van der Waals surface area contributed by atoms with Crippen LogP contribution in [0.2, 0.25) is 0 Å². The average molecular weight is 448 g/mol. The van der Waals surface area contributed by atoms with Crippen LogP contribution in [0.3, 0.4) is 0 Å². The van der Waals surface area contributed by atoms with Crippen molar-refractivity contribution in [3.8, 4) is 0 Å². The maximum atomic E-state index is 13.5. The van der Waals surface area contributed by atoms with Crippen LogP contribution in [0.1, 0.15) is 59.5 Å². The Balaban J connectivity index is 1.52. The number of para-hydroxylation sites is 1. The predicted molar refractivity (Wildman–Crippen MR) is 127 cm³/mol. The van der Waals surface area contributed by atoms with Gasteiger partial charge in [-0.25, -0.2) is 0 Å². The van der Waals surface area contributed by atoms with Crippen molar-refractivity contribution in [1.29, 1.82) is 0 Å². The minimum atomic E-state index is -0.422. The van der Waals surface area contributed by atoms with Crippen LogP contribution in [-0.2, 0) is 4.74 Å². The fourth-order valence-corrected chi connectivity index (χ4v) is 5.02. The van der Waals surface area contributed by atoms with Gasteiger partial charge < -0.3 is 19.0 Å². The minimum Gasteiger partial charge on any atom is -0.450 e. The number of quaternary nitrogens is 1. The molecule has 0 bridgehead atoms. The lowest BCUT2D eigenvalue weighted by Gasteiger charge is -2.27. The number of benzene rings is 2. The first-order chi connectivity index (χ1) is 16.0. The molecule has 1 aromatic heterocycles. The highest BCUT2D eigenvalue weighted by Gasteiger charge is 2.42. The highest BCUT2D eigenvalue weighted by atomic mass is 16.5. The standard InChI is InChI=1S/C27H30N2O4/c1-18(2)19-8-10-20(11-9-19)24-23-25(30)21-6-3-4-7-22(21)33-26(23)27(31)29(24)13-5-12-28-14-16-32-17-15-28/h3-4,6-11,18,24H,5,12-17H2,1-2H3/p+1/t24-/m1/s1. The van der Waals surface area contributed by atoms with E-state index in [1.54, 1.807) is 12.1 Å². The van der Waals surface area contributed by atoms with Gasteiger partial charge in [0.05, 0.1) is 36.8 Å². The first kappa shape index (κ1) is 21.9. The largest absolute Gasteiger partial charge is 0.450 e. The van der Waals surface area contributed by atoms with Gasteiger partial charge in [0.2, 0.25) is 5.76 Å². The van der Waals surface area contributed by atoms with E-state index in [2.05, 4.69) is 38.1 Å². The number of carbonyl (C=O) groups is 1. The molecular formula is C27H31N2O4+. The molecule has 5 rings (SSSR count). The van der Waals surface area contributed by atoms with Gasteiger partial charge in [-0.2, -0.15) is 0 Å². The summed E-state index contributed by atoms with van der Waals surface area (Å²) in [5.74, 6) is 0.413. The third-order valence-corrected chi connectivity index (χ3v) is 6.92. The summed E-state index contributed by atoms with van der Waals surface area (Å²) in [5.41, 5.74) is 3.00. The fourth-order valence-electron chi connectivity index (χ4n) is 5.02. The predicted octanol–water partition coefficient (Wildman–Crippen LogP) is 2.77. The Bertz CT molecular complexity index is 1210. The monoisotopic (exact) mass is 447 g/mol. The number of hydrogen-bond donors (Lipinski definition) is 1. The van der Waals surface area contributed by atoms with Crippen LogP contribution in [0.4, 0.5) is 0 Å². The molecule has 0 spiro atoms. The Morgan fingerprint density at radius 2 is 1.76 bits per heavy atom. The lowest BCUT2D eigenvalue weighted by Crippen LogP contribution is -3.14. The summed E-state index contributed by atoms with van der Waals surface area (Å²) >= 11 is 0. The summed E-state index contributed by atoms with van der Waals surface area (Å²) in [7, 11) is 0. The van der Waals surface area contributed by atoms with E-state index in [4.69, 9.17) is 9.15 Å². The summed E-state index contributed by atoms with van der Waals surface area (Å²) in [6.45, 7) is 9.46. The number of amides is 1. The number of carbonyl (C=O) groups excluding carboxylic acids is 1. The van der Waals surface area contributed by atoms with E-state index < -0.39 is 6.04 Å². The average Bonchev–Trinajstić information content (AvgIpc) is 3.12. The van der Waals surface area contributed by atoms with E-state index in [0.717, 1.165) is 44.8 Å². The number of fused-ring (bicyclic) bond motifs is 2. The van der Waals surface area contributed by atoms with Gasteiger partial charge >= 0.3 is 0 Å². The summed E-state index contributed by atoms with van der Waals surface area (Å²) in [4.78, 5) is 30.4. The van der Waals surface area contributed by atoms with Crippen molar-refractivity contribution in [2.45, 2.75) is 32.2 Å². The normalized spacial score (nSPS) is 18.9. The van der Waals surface area contributed by atoms with Crippen molar-refractivity contribution in [2.24, 2.45) is 0 Å². The SMILES string of the molecule is CC(C)c1ccc([C@@H]2c3c(oc4ccccc4c3=O)C(=O)N2CCC[NH+]2CCOCC2)cc1. The molecule has 2 aliphatic heterocycles. The Morgan fingerprint density at radius 3 is 2.48 bits per heavy atom. The molecular weight excluding hydrogens is 416 g/mol. The van der Waals surface area contributed by atoms with Crippen molar-refractivity contribution in [2.75, 3.05) is 39.4 Å². The zero-order valence-electron chi connectivity index (χ0n) is 19.3. The number of morpholine rings is 1. The topological polar surface area (TPSA) is 64.2 Å². The quantitative estimate of drug-likeness (QED) is 0.631. The van der Waals surface area contributed by atoms with Crippen LogP contribution in [0.15, 0.2) is 57.7 Å². The highest BCUT2D eigenvalue weighted by Crippen LogP contribution is 2.38. The summed E-state index contributed by atoms with van der Waals surface area (Å²) in [6.07, 6.45) is 0.864. The number of hydrogen-bond acceptors (Lipinski definition) is 4. The van der Waals surface area contributed by atoms with Crippen molar-refractivity contribution >= 4 is 16.9 Å². The maximum Gasteiger partial charge on any atom is 0.290 e. The first-order valence-corrected chi connectivity index (χ1v) is 11.9. The van der Waals surface area contributed by atoms with Gasteiger partial charge in [0.1, 0.15) is 18.7 Å². The molecule has 0 unspecified atom stereocenters. The van der Waals surface area contributed by atoms with Crippen LogP contribution < -0.4 is 10.3 Å². The van der Waals surface area contributed by atoms with E-state index in [1.165, 1.54) is 10.5 Å². The van der Waals surface area contributed by atoms with E-state index in [0.29, 0.717) is 29.0 Å². The highest BCUT2D eigenvalue weighted by molar-refractivity contribution is 5.99. The van der Waals surface area contributed by atoms with Gasteiger partial charge in [-0.1, -0.05) is 50.2 Å². The molecule has 1 N–H and O–H groups in total. The Morgan fingerprint density at radius 1 is 1.03 bits per heavy atom. The maximum absolute atomic E-state index is 13.5. The summed E-state index contributed by atoms with van der Waals surface area (Å²) < 4.78 is 11.5. The van der Waals surface area contributed by atoms with Crippen molar-refractivity contribution in [3.63, 3.8) is 0 Å². The molecule has 1 saturated heterocycles. The second-order valence-corrected chi connectivity index (χ2v) is 9.36. The summed E-state index contributed by atoms with van der Waals surface area (Å²) in [6, 6.07) is 15.1. The zero-order valence-corrected chi connectivity index (χ0v) is 19.3. The Hall–Kier alpha value is -2.96. The molecule has 6 heteroatoms. The molecule has 0 saturated carbocycles. The zero-order chi connectivity index (χ0) is 22.9. The van der Waals surface area contributed by atoms with E-state index in [1.807, 2.05) is 17.0 Å². The molecule has 2 aromatic carbocycles. The molecule has 172 valence electrons. The molecule has 0 radical (unpaired) electrons. The molecule has 1 atom stereocenters. The number of nitrogens with zero attached hydrogens (tertiary/aromatic N) is 1. The third-order valence-electron chi connectivity index (χ3n) is 6.92. The molecule has 1 amide bonds. The number of nitrogens with one attached hydrogen (secondary N) is 1. The van der Waals surface area contributed by atoms with E-state index in [9.17, 15) is 9.59 Å². The lowest BCUT2D eigenvalue weighted by atomic mass is 9.95. The van der Waals surface area contributed by atoms with Crippen LogP contribution in [0, 0.1) is 0 Å². The van der Waals surface area contributed by atoms with Gasteiger partial charge in [-0.15, -0.1) is 0 Å². The van der Waals surface area contributed by atoms with Crippen LogP contribution >= 0.6 is 0 Å². The molecule has 3 heterocycles. The van der Waals surface area contributed by atoms with E-state index in [-0.39, 0.29) is 17.1 Å². The van der Waals surface area contributed by atoms with Crippen molar-refractivity contribution < 1.29 is 18.8 Å². The lowest BCUT2D eigenvalue weighted by molar-refractivity contribution is -0.908. The number of ether oxygens (including phenoxy) is 1. The third kappa shape index (κ3) is 4.09. The first-order valence-electron chi connectivity index (χ1n) is 11.9. The molecule has 33 heavy (non-hydrogen) atoms. The molecule has 3 aromatic rings. The van der Waals surface area contributed by atoms with Crippen LogP contribution in [0.5, 0.6) is 0 Å². The molecule has 6 nitrogen and oxygen atoms in total. The fraction of sp³-hybridized carbons (Fsp3) is 0.407. The van der Waals surface area contributed by atoms with Crippen LogP contribution in [-0.4, -0.2) is 50.2 Å². The number of rotatable bonds is 6. The molecule has 1 fully saturated rings. The van der Waals surface area contributed by atoms with Gasteiger partial charge in [0.25, 0.3) is 5.91 Å². The van der Waals surface area contributed by atoms with Gasteiger partial charge in [0.15, 0.2) is 5.43 Å². The van der Waals surface area contributed by atoms with E-state index >= 15 is 0 Å².